The number of nitrogens with one attached hydrogen (secondary N) is 2. The Labute approximate surface area is 142 Å². The Hall–Kier alpha value is -2.60. The third-order valence-electron chi connectivity index (χ3n) is 2.94. The number of ether oxygens (including phenoxy) is 1. The number of hydrogen-bond donors (Lipinski definition) is 2. The summed E-state index contributed by atoms with van der Waals surface area (Å²) in [6.07, 6.45) is 3.00. The summed E-state index contributed by atoms with van der Waals surface area (Å²) in [4.78, 5) is 23.6. The third kappa shape index (κ3) is 4.96. The van der Waals surface area contributed by atoms with Gasteiger partial charge < -0.3 is 4.74 Å². The molecular weight excluding hydrogens is 360 g/mol. The maximum Gasteiger partial charge on any atom is 0.269 e. The van der Waals surface area contributed by atoms with Crippen LogP contribution in [0.3, 0.4) is 0 Å². The van der Waals surface area contributed by atoms with E-state index in [1.807, 2.05) is 30.3 Å². The van der Waals surface area contributed by atoms with Crippen molar-refractivity contribution in [2.45, 2.75) is 0 Å². The average Bonchev–Trinajstić information content (AvgIpc) is 2.58. The Morgan fingerprint density at radius 1 is 1.09 bits per heavy atom. The predicted molar refractivity (Wildman–Crippen MR) is 91.8 cm³/mol. The van der Waals surface area contributed by atoms with Gasteiger partial charge in [-0.25, -0.2) is 0 Å². The quantitative estimate of drug-likeness (QED) is 0.638. The molecule has 0 fully saturated rings. The zero-order chi connectivity index (χ0) is 16.7. The topological polar surface area (TPSA) is 67.4 Å². The van der Waals surface area contributed by atoms with Crippen molar-refractivity contribution in [3.8, 4) is 5.75 Å². The zero-order valence-electron chi connectivity index (χ0n) is 12.4. The standard InChI is InChI=1S/C17H15BrN2O3/c1-23-15-9-8-13(11-14(15)18)17(22)20-19-16(21)10-7-12-5-3-2-4-6-12/h2-11H,1H3,(H,19,21)(H,20,22). The Balaban J connectivity index is 1.90. The predicted octanol–water partition coefficient (Wildman–Crippen LogP) is 2.93. The zero-order valence-corrected chi connectivity index (χ0v) is 14.0. The third-order valence-corrected chi connectivity index (χ3v) is 3.56. The number of carbonyl (C=O) groups excluding carboxylic acids is 2. The molecule has 2 aromatic carbocycles. The van der Waals surface area contributed by atoms with Gasteiger partial charge in [0.05, 0.1) is 11.6 Å². The van der Waals surface area contributed by atoms with E-state index in [4.69, 9.17) is 4.74 Å². The van der Waals surface area contributed by atoms with Gasteiger partial charge in [-0.3, -0.25) is 20.4 Å². The summed E-state index contributed by atoms with van der Waals surface area (Å²) >= 11 is 3.30. The molecule has 2 aromatic rings. The molecule has 0 aliphatic carbocycles. The summed E-state index contributed by atoms with van der Waals surface area (Å²) in [6.45, 7) is 0. The molecule has 0 saturated carbocycles. The van der Waals surface area contributed by atoms with Gasteiger partial charge >= 0.3 is 0 Å². The molecule has 6 heteroatoms. The SMILES string of the molecule is COc1ccc(C(=O)NNC(=O)C=Cc2ccccc2)cc1Br. The summed E-state index contributed by atoms with van der Waals surface area (Å²) in [5, 5.41) is 0. The van der Waals surface area contributed by atoms with Gasteiger partial charge in [-0.1, -0.05) is 30.3 Å². The van der Waals surface area contributed by atoms with Crippen LogP contribution in [-0.4, -0.2) is 18.9 Å². The molecule has 2 amide bonds. The van der Waals surface area contributed by atoms with E-state index >= 15 is 0 Å². The van der Waals surface area contributed by atoms with E-state index in [2.05, 4.69) is 26.8 Å². The highest BCUT2D eigenvalue weighted by molar-refractivity contribution is 9.10. The van der Waals surface area contributed by atoms with Crippen LogP contribution < -0.4 is 15.6 Å². The molecule has 118 valence electrons. The second-order valence-electron chi connectivity index (χ2n) is 4.54. The van der Waals surface area contributed by atoms with Crippen LogP contribution in [0.2, 0.25) is 0 Å². The van der Waals surface area contributed by atoms with Crippen molar-refractivity contribution < 1.29 is 14.3 Å². The fourth-order valence-corrected chi connectivity index (χ4v) is 2.32. The molecule has 0 heterocycles. The number of hydrazine groups is 1. The van der Waals surface area contributed by atoms with E-state index in [0.717, 1.165) is 5.56 Å². The van der Waals surface area contributed by atoms with Crippen LogP contribution in [0.1, 0.15) is 15.9 Å². The average molecular weight is 375 g/mol. The minimum atomic E-state index is -0.421. The molecule has 5 nitrogen and oxygen atoms in total. The van der Waals surface area contributed by atoms with Crippen molar-refractivity contribution in [3.63, 3.8) is 0 Å². The Morgan fingerprint density at radius 2 is 1.83 bits per heavy atom. The second-order valence-corrected chi connectivity index (χ2v) is 5.39. The van der Waals surface area contributed by atoms with Gasteiger partial charge in [0.15, 0.2) is 0 Å². The molecule has 23 heavy (non-hydrogen) atoms. The molecule has 0 aliphatic rings. The van der Waals surface area contributed by atoms with E-state index in [1.54, 1.807) is 31.4 Å². The van der Waals surface area contributed by atoms with Crippen molar-refractivity contribution in [2.24, 2.45) is 0 Å². The summed E-state index contributed by atoms with van der Waals surface area (Å²) in [7, 11) is 1.54. The first kappa shape index (κ1) is 16.8. The highest BCUT2D eigenvalue weighted by atomic mass is 79.9. The lowest BCUT2D eigenvalue weighted by Gasteiger charge is -2.07. The fraction of sp³-hybridized carbons (Fsp3) is 0.0588. The molecule has 0 radical (unpaired) electrons. The number of amides is 2. The Bertz CT molecular complexity index is 730. The maximum atomic E-state index is 12.0. The molecular formula is C17H15BrN2O3. The van der Waals surface area contributed by atoms with Gasteiger partial charge in [0.2, 0.25) is 0 Å². The Morgan fingerprint density at radius 3 is 2.48 bits per heavy atom. The largest absolute Gasteiger partial charge is 0.496 e. The first-order valence-corrected chi connectivity index (χ1v) is 7.56. The van der Waals surface area contributed by atoms with Gasteiger partial charge in [0.1, 0.15) is 5.75 Å². The number of halogens is 1. The summed E-state index contributed by atoms with van der Waals surface area (Å²) < 4.78 is 5.75. The molecule has 2 rings (SSSR count). The minimum absolute atomic E-state index is 0.394. The molecule has 0 spiro atoms. The summed E-state index contributed by atoms with van der Waals surface area (Å²) in [5.41, 5.74) is 5.97. The van der Waals surface area contributed by atoms with Crippen LogP contribution in [0.25, 0.3) is 6.08 Å². The monoisotopic (exact) mass is 374 g/mol. The van der Waals surface area contributed by atoms with E-state index < -0.39 is 11.8 Å². The van der Waals surface area contributed by atoms with Gasteiger partial charge in [-0.2, -0.15) is 0 Å². The number of methoxy groups -OCH3 is 1. The molecule has 0 bridgehead atoms. The van der Waals surface area contributed by atoms with Crippen molar-refractivity contribution in [1.29, 1.82) is 0 Å². The lowest BCUT2D eigenvalue weighted by Crippen LogP contribution is -2.40. The molecule has 0 aromatic heterocycles. The van der Waals surface area contributed by atoms with Gasteiger partial charge in [0, 0.05) is 11.6 Å². The second kappa shape index (κ2) is 8.14. The van der Waals surface area contributed by atoms with Gasteiger partial charge in [-0.05, 0) is 45.8 Å². The summed E-state index contributed by atoms with van der Waals surface area (Å²) in [6, 6.07) is 14.3. The van der Waals surface area contributed by atoms with Crippen molar-refractivity contribution in [1.82, 2.24) is 10.9 Å². The number of carbonyl (C=O) groups is 2. The number of hydrogen-bond acceptors (Lipinski definition) is 3. The summed E-state index contributed by atoms with van der Waals surface area (Å²) in [5.74, 6) is -0.221. The van der Waals surface area contributed by atoms with Crippen LogP contribution in [0.4, 0.5) is 0 Å². The van der Waals surface area contributed by atoms with Crippen LogP contribution >= 0.6 is 15.9 Å². The lowest BCUT2D eigenvalue weighted by atomic mass is 10.2. The van der Waals surface area contributed by atoms with E-state index in [-0.39, 0.29) is 0 Å². The van der Waals surface area contributed by atoms with Crippen molar-refractivity contribution >= 4 is 33.8 Å². The van der Waals surface area contributed by atoms with Crippen LogP contribution in [0.5, 0.6) is 5.75 Å². The Kier molecular flexibility index (Phi) is 5.94. The molecule has 0 unspecified atom stereocenters. The van der Waals surface area contributed by atoms with Crippen molar-refractivity contribution in [2.75, 3.05) is 7.11 Å². The van der Waals surface area contributed by atoms with Gasteiger partial charge in [0.25, 0.3) is 11.8 Å². The maximum absolute atomic E-state index is 12.0. The first-order chi connectivity index (χ1) is 11.1. The smallest absolute Gasteiger partial charge is 0.269 e. The fourth-order valence-electron chi connectivity index (χ4n) is 1.78. The van der Waals surface area contributed by atoms with E-state index in [0.29, 0.717) is 15.8 Å². The molecule has 0 saturated heterocycles. The van der Waals surface area contributed by atoms with Gasteiger partial charge in [-0.15, -0.1) is 0 Å². The normalized spacial score (nSPS) is 10.3. The number of rotatable bonds is 4. The first-order valence-electron chi connectivity index (χ1n) is 6.77. The minimum Gasteiger partial charge on any atom is -0.496 e. The van der Waals surface area contributed by atoms with Crippen molar-refractivity contribution in [3.05, 3.63) is 70.2 Å². The molecule has 0 aliphatic heterocycles. The highest BCUT2D eigenvalue weighted by Crippen LogP contribution is 2.25. The number of benzene rings is 2. The van der Waals surface area contributed by atoms with E-state index in [1.165, 1.54) is 6.08 Å². The molecule has 2 N–H and O–H groups in total. The highest BCUT2D eigenvalue weighted by Gasteiger charge is 2.09. The van der Waals surface area contributed by atoms with Crippen LogP contribution in [0, 0.1) is 0 Å². The van der Waals surface area contributed by atoms with E-state index in [9.17, 15) is 9.59 Å². The lowest BCUT2D eigenvalue weighted by molar-refractivity contribution is -0.117. The molecule has 0 atom stereocenters. The van der Waals surface area contributed by atoms with Crippen LogP contribution in [0.15, 0.2) is 59.1 Å². The van der Waals surface area contributed by atoms with Crippen LogP contribution in [-0.2, 0) is 4.79 Å².